The molecule has 0 aliphatic rings. The molecule has 2 heterocycles. The average molecular weight is 314 g/mol. The van der Waals surface area contributed by atoms with Gasteiger partial charge in [-0.15, -0.1) is 11.3 Å². The molecule has 0 saturated carbocycles. The number of rotatable bonds is 4. The molecule has 0 fully saturated rings. The van der Waals surface area contributed by atoms with E-state index in [0.717, 1.165) is 10.7 Å². The molecule has 5 nitrogen and oxygen atoms in total. The lowest BCUT2D eigenvalue weighted by Crippen LogP contribution is -2.38. The fourth-order valence-corrected chi connectivity index (χ4v) is 3.13. The Morgan fingerprint density at radius 1 is 1.45 bits per heavy atom. The maximum Gasteiger partial charge on any atom is 0.329 e. The number of nitrogens with one attached hydrogen (secondary N) is 1. The van der Waals surface area contributed by atoms with Gasteiger partial charge in [0.05, 0.1) is 10.6 Å². The summed E-state index contributed by atoms with van der Waals surface area (Å²) in [7, 11) is 0. The highest BCUT2D eigenvalue weighted by Crippen LogP contribution is 2.16. The summed E-state index contributed by atoms with van der Waals surface area (Å²) in [6.07, 6.45) is 0.556. The maximum absolute atomic E-state index is 12.3. The lowest BCUT2D eigenvalue weighted by atomic mass is 10.1. The summed E-state index contributed by atoms with van der Waals surface area (Å²) in [6, 6.07) is 0. The van der Waals surface area contributed by atoms with E-state index in [1.54, 1.807) is 0 Å². The zero-order valence-corrected chi connectivity index (χ0v) is 13.1. The molecule has 0 aromatic carbocycles. The SMILES string of the molecule is Cc1csc(CCn2c(=O)[nH]c(Cl)c(C(C)C)c2=O)n1. The third-order valence-electron chi connectivity index (χ3n) is 2.97. The van der Waals surface area contributed by atoms with E-state index in [1.165, 1.54) is 15.9 Å². The van der Waals surface area contributed by atoms with E-state index in [4.69, 9.17) is 11.6 Å². The van der Waals surface area contributed by atoms with E-state index in [2.05, 4.69) is 9.97 Å². The number of nitrogens with zero attached hydrogens (tertiary/aromatic N) is 2. The lowest BCUT2D eigenvalue weighted by molar-refractivity contribution is 0.610. The van der Waals surface area contributed by atoms with Crippen molar-refractivity contribution >= 4 is 22.9 Å². The fourth-order valence-electron chi connectivity index (χ4n) is 1.99. The van der Waals surface area contributed by atoms with E-state index in [-0.39, 0.29) is 16.6 Å². The molecule has 2 aromatic rings. The Labute approximate surface area is 125 Å². The first-order valence-corrected chi connectivity index (χ1v) is 7.59. The molecular formula is C13H16ClN3O2S. The van der Waals surface area contributed by atoms with Crippen molar-refractivity contribution in [3.05, 3.63) is 47.6 Å². The van der Waals surface area contributed by atoms with E-state index in [9.17, 15) is 9.59 Å². The van der Waals surface area contributed by atoms with Gasteiger partial charge in [0.15, 0.2) is 0 Å². The first-order chi connectivity index (χ1) is 9.40. The minimum atomic E-state index is -0.474. The molecule has 20 heavy (non-hydrogen) atoms. The molecule has 1 N–H and O–H groups in total. The number of hydrogen-bond acceptors (Lipinski definition) is 4. The van der Waals surface area contributed by atoms with Gasteiger partial charge in [-0.25, -0.2) is 9.78 Å². The third-order valence-corrected chi connectivity index (χ3v) is 4.29. The Balaban J connectivity index is 2.34. The van der Waals surface area contributed by atoms with Crippen LogP contribution in [0.2, 0.25) is 5.15 Å². The zero-order valence-electron chi connectivity index (χ0n) is 11.6. The van der Waals surface area contributed by atoms with Crippen LogP contribution in [0.15, 0.2) is 15.0 Å². The number of hydrogen-bond donors (Lipinski definition) is 1. The van der Waals surface area contributed by atoms with Crippen LogP contribution in [0.5, 0.6) is 0 Å². The second-order valence-electron chi connectivity index (χ2n) is 4.90. The molecule has 2 rings (SSSR count). The highest BCUT2D eigenvalue weighted by Gasteiger charge is 2.15. The van der Waals surface area contributed by atoms with Gasteiger partial charge in [0.2, 0.25) is 0 Å². The molecule has 0 spiro atoms. The number of thiazole rings is 1. The average Bonchev–Trinajstić information content (AvgIpc) is 2.73. The predicted molar refractivity (Wildman–Crippen MR) is 81.0 cm³/mol. The fraction of sp³-hybridized carbons (Fsp3) is 0.462. The molecule has 0 saturated heterocycles. The largest absolute Gasteiger partial charge is 0.329 e. The normalized spacial score (nSPS) is 11.2. The van der Waals surface area contributed by atoms with Crippen molar-refractivity contribution in [3.63, 3.8) is 0 Å². The highest BCUT2D eigenvalue weighted by atomic mass is 35.5. The summed E-state index contributed by atoms with van der Waals surface area (Å²) >= 11 is 7.47. The van der Waals surface area contributed by atoms with Crippen LogP contribution in [0.25, 0.3) is 0 Å². The van der Waals surface area contributed by atoms with Gasteiger partial charge in [-0.05, 0) is 12.8 Å². The van der Waals surface area contributed by atoms with Crippen molar-refractivity contribution in [2.45, 2.75) is 39.7 Å². The topological polar surface area (TPSA) is 67.8 Å². The molecular weight excluding hydrogens is 298 g/mol. The van der Waals surface area contributed by atoms with Crippen LogP contribution in [0, 0.1) is 6.92 Å². The van der Waals surface area contributed by atoms with Gasteiger partial charge in [0.1, 0.15) is 5.15 Å². The molecule has 0 amide bonds. The standard InChI is InChI=1S/C13H16ClN3O2S/c1-7(2)10-11(14)16-13(19)17(12(10)18)5-4-9-15-8(3)6-20-9/h6-7H,4-5H2,1-3H3,(H,16,19). The second kappa shape index (κ2) is 5.93. The van der Waals surface area contributed by atoms with Crippen LogP contribution >= 0.6 is 22.9 Å². The van der Waals surface area contributed by atoms with Crippen molar-refractivity contribution in [2.24, 2.45) is 0 Å². The van der Waals surface area contributed by atoms with Gasteiger partial charge in [-0.1, -0.05) is 25.4 Å². The Morgan fingerprint density at radius 2 is 2.15 bits per heavy atom. The van der Waals surface area contributed by atoms with Crippen LogP contribution in [0.3, 0.4) is 0 Å². The third kappa shape index (κ3) is 3.02. The molecule has 0 aliphatic heterocycles. The Hall–Kier alpha value is -1.40. The maximum atomic E-state index is 12.3. The minimum absolute atomic E-state index is 0.0415. The molecule has 0 unspecified atom stereocenters. The summed E-state index contributed by atoms with van der Waals surface area (Å²) in [5.41, 5.74) is 0.603. The van der Waals surface area contributed by atoms with Gasteiger partial charge < -0.3 is 0 Å². The van der Waals surface area contributed by atoms with Crippen LogP contribution < -0.4 is 11.2 Å². The van der Waals surface area contributed by atoms with E-state index in [0.29, 0.717) is 18.5 Å². The first-order valence-electron chi connectivity index (χ1n) is 6.33. The summed E-state index contributed by atoms with van der Waals surface area (Å²) in [5.74, 6) is -0.0415. The smallest absolute Gasteiger partial charge is 0.297 e. The Bertz CT molecular complexity index is 730. The monoisotopic (exact) mass is 313 g/mol. The van der Waals surface area contributed by atoms with Crippen molar-refractivity contribution in [3.8, 4) is 0 Å². The number of halogens is 1. The molecule has 0 atom stereocenters. The van der Waals surface area contributed by atoms with Crippen LogP contribution in [0.1, 0.15) is 36.0 Å². The van der Waals surface area contributed by atoms with Crippen molar-refractivity contribution in [2.75, 3.05) is 0 Å². The quantitative estimate of drug-likeness (QED) is 0.881. The van der Waals surface area contributed by atoms with Crippen molar-refractivity contribution in [1.82, 2.24) is 14.5 Å². The molecule has 0 radical (unpaired) electrons. The van der Waals surface area contributed by atoms with Crippen LogP contribution in [-0.2, 0) is 13.0 Å². The van der Waals surface area contributed by atoms with E-state index >= 15 is 0 Å². The minimum Gasteiger partial charge on any atom is -0.297 e. The van der Waals surface area contributed by atoms with Gasteiger partial charge >= 0.3 is 5.69 Å². The van der Waals surface area contributed by atoms with Crippen molar-refractivity contribution < 1.29 is 0 Å². The number of aromatic nitrogens is 3. The van der Waals surface area contributed by atoms with Crippen molar-refractivity contribution in [1.29, 1.82) is 0 Å². The number of H-pyrrole nitrogens is 1. The van der Waals surface area contributed by atoms with Gasteiger partial charge in [0.25, 0.3) is 5.56 Å². The van der Waals surface area contributed by atoms with Gasteiger partial charge in [-0.3, -0.25) is 14.3 Å². The molecule has 108 valence electrons. The van der Waals surface area contributed by atoms with Gasteiger partial charge in [-0.2, -0.15) is 0 Å². The Morgan fingerprint density at radius 3 is 2.70 bits per heavy atom. The lowest BCUT2D eigenvalue weighted by Gasteiger charge is -2.10. The summed E-state index contributed by atoms with van der Waals surface area (Å²) < 4.78 is 1.19. The molecule has 7 heteroatoms. The Kier molecular flexibility index (Phi) is 4.45. The number of aryl methyl sites for hydroxylation is 2. The van der Waals surface area contributed by atoms with Crippen LogP contribution in [0.4, 0.5) is 0 Å². The zero-order chi connectivity index (χ0) is 14.9. The second-order valence-corrected chi connectivity index (χ2v) is 6.22. The first kappa shape index (κ1) is 15.0. The van der Waals surface area contributed by atoms with E-state index in [1.807, 2.05) is 26.2 Å². The van der Waals surface area contributed by atoms with Crippen LogP contribution in [-0.4, -0.2) is 14.5 Å². The summed E-state index contributed by atoms with van der Waals surface area (Å²) in [4.78, 5) is 31.0. The molecule has 0 aliphatic carbocycles. The highest BCUT2D eigenvalue weighted by molar-refractivity contribution is 7.09. The number of aromatic amines is 1. The predicted octanol–water partition coefficient (Wildman–Crippen LogP) is 2.32. The molecule has 2 aromatic heterocycles. The summed E-state index contributed by atoms with van der Waals surface area (Å²) in [6.45, 7) is 5.96. The summed E-state index contributed by atoms with van der Waals surface area (Å²) in [5, 5.41) is 3.00. The molecule has 0 bridgehead atoms. The van der Waals surface area contributed by atoms with Gasteiger partial charge in [0, 0.05) is 24.0 Å². The van der Waals surface area contributed by atoms with E-state index < -0.39 is 5.69 Å².